The van der Waals surface area contributed by atoms with Gasteiger partial charge in [-0.15, -0.1) is 0 Å². The lowest BCUT2D eigenvalue weighted by Crippen LogP contribution is -2.24. The van der Waals surface area contributed by atoms with Crippen LogP contribution in [-0.4, -0.2) is 30.9 Å². The van der Waals surface area contributed by atoms with Crippen LogP contribution in [0.3, 0.4) is 0 Å². The highest BCUT2D eigenvalue weighted by atomic mass is 79.9. The van der Waals surface area contributed by atoms with Gasteiger partial charge >= 0.3 is 0 Å². The van der Waals surface area contributed by atoms with E-state index >= 15 is 0 Å². The summed E-state index contributed by atoms with van der Waals surface area (Å²) in [4.78, 5) is 0. The van der Waals surface area contributed by atoms with Gasteiger partial charge in [-0.25, -0.2) is 0 Å². The molecule has 1 aromatic rings. The highest BCUT2D eigenvalue weighted by molar-refractivity contribution is 9.10. The maximum atomic E-state index is 9.34. The molecule has 0 aliphatic heterocycles. The second kappa shape index (κ2) is 8.50. The fourth-order valence-electron chi connectivity index (χ4n) is 1.37. The van der Waals surface area contributed by atoms with Gasteiger partial charge in [0.05, 0.1) is 6.10 Å². The van der Waals surface area contributed by atoms with E-state index in [1.165, 1.54) is 0 Å². The minimum Gasteiger partial charge on any atom is -0.492 e. The van der Waals surface area contributed by atoms with Gasteiger partial charge < -0.3 is 15.2 Å². The minimum atomic E-state index is -0.185. The molecule has 0 saturated heterocycles. The van der Waals surface area contributed by atoms with E-state index in [0.717, 1.165) is 36.2 Å². The molecule has 2 N–H and O–H groups in total. The third-order valence-electron chi connectivity index (χ3n) is 2.49. The van der Waals surface area contributed by atoms with E-state index in [-0.39, 0.29) is 6.10 Å². The smallest absolute Gasteiger partial charge is 0.119 e. The second-order valence-electron chi connectivity index (χ2n) is 3.90. The standard InChI is InChI=1S/C13H20BrNO2/c1-2-12(16)7-8-15-9-10-17-13-5-3-11(14)4-6-13/h3-6,12,15-16H,2,7-10H2,1H3. The van der Waals surface area contributed by atoms with Crippen molar-refractivity contribution in [2.24, 2.45) is 0 Å². The van der Waals surface area contributed by atoms with Crippen LogP contribution in [-0.2, 0) is 0 Å². The van der Waals surface area contributed by atoms with Crippen LogP contribution in [0.1, 0.15) is 19.8 Å². The van der Waals surface area contributed by atoms with Gasteiger partial charge in [-0.1, -0.05) is 22.9 Å². The molecule has 0 aliphatic carbocycles. The van der Waals surface area contributed by atoms with Gasteiger partial charge in [0, 0.05) is 11.0 Å². The summed E-state index contributed by atoms with van der Waals surface area (Å²) >= 11 is 3.38. The fraction of sp³-hybridized carbons (Fsp3) is 0.538. The maximum Gasteiger partial charge on any atom is 0.119 e. The zero-order valence-corrected chi connectivity index (χ0v) is 11.7. The highest BCUT2D eigenvalue weighted by Gasteiger charge is 1.99. The number of ether oxygens (including phenoxy) is 1. The Morgan fingerprint density at radius 3 is 2.65 bits per heavy atom. The largest absolute Gasteiger partial charge is 0.492 e. The molecule has 17 heavy (non-hydrogen) atoms. The lowest BCUT2D eigenvalue weighted by Gasteiger charge is -2.09. The van der Waals surface area contributed by atoms with E-state index in [0.29, 0.717) is 6.61 Å². The van der Waals surface area contributed by atoms with E-state index in [9.17, 15) is 5.11 Å². The van der Waals surface area contributed by atoms with Crippen molar-refractivity contribution in [3.63, 3.8) is 0 Å². The molecule has 1 rings (SSSR count). The fourth-order valence-corrected chi connectivity index (χ4v) is 1.63. The average Bonchev–Trinajstić information content (AvgIpc) is 2.35. The Kier molecular flexibility index (Phi) is 7.24. The first kappa shape index (κ1) is 14.5. The quantitative estimate of drug-likeness (QED) is 0.725. The van der Waals surface area contributed by atoms with Crippen LogP contribution in [0.15, 0.2) is 28.7 Å². The Balaban J connectivity index is 2.02. The molecular weight excluding hydrogens is 282 g/mol. The van der Waals surface area contributed by atoms with Crippen LogP contribution in [0.4, 0.5) is 0 Å². The molecule has 0 spiro atoms. The van der Waals surface area contributed by atoms with Crippen molar-refractivity contribution in [2.45, 2.75) is 25.9 Å². The predicted molar refractivity (Wildman–Crippen MR) is 73.4 cm³/mol. The summed E-state index contributed by atoms with van der Waals surface area (Å²) in [5.41, 5.74) is 0. The van der Waals surface area contributed by atoms with E-state index in [2.05, 4.69) is 21.2 Å². The number of hydrogen-bond acceptors (Lipinski definition) is 3. The second-order valence-corrected chi connectivity index (χ2v) is 4.82. The monoisotopic (exact) mass is 301 g/mol. The lowest BCUT2D eigenvalue weighted by molar-refractivity contribution is 0.159. The molecule has 3 nitrogen and oxygen atoms in total. The van der Waals surface area contributed by atoms with Crippen LogP contribution in [0.5, 0.6) is 5.75 Å². The summed E-state index contributed by atoms with van der Waals surface area (Å²) in [6.07, 6.45) is 1.43. The van der Waals surface area contributed by atoms with Crippen molar-refractivity contribution in [3.05, 3.63) is 28.7 Å². The van der Waals surface area contributed by atoms with Crippen LogP contribution in [0.2, 0.25) is 0 Å². The van der Waals surface area contributed by atoms with E-state index in [1.54, 1.807) is 0 Å². The molecule has 0 amide bonds. The van der Waals surface area contributed by atoms with Crippen LogP contribution >= 0.6 is 15.9 Å². The van der Waals surface area contributed by atoms with Crippen LogP contribution in [0, 0.1) is 0 Å². The molecule has 96 valence electrons. The lowest BCUT2D eigenvalue weighted by atomic mass is 10.2. The Morgan fingerprint density at radius 1 is 1.29 bits per heavy atom. The SMILES string of the molecule is CCC(O)CCNCCOc1ccc(Br)cc1. The van der Waals surface area contributed by atoms with Crippen molar-refractivity contribution < 1.29 is 9.84 Å². The van der Waals surface area contributed by atoms with Gasteiger partial charge in [-0.05, 0) is 43.7 Å². The molecule has 4 heteroatoms. The van der Waals surface area contributed by atoms with Gasteiger partial charge in [0.2, 0.25) is 0 Å². The molecule has 1 unspecified atom stereocenters. The summed E-state index contributed by atoms with van der Waals surface area (Å²) in [5.74, 6) is 0.878. The molecule has 0 heterocycles. The topological polar surface area (TPSA) is 41.5 Å². The Morgan fingerprint density at radius 2 is 2.00 bits per heavy atom. The average molecular weight is 302 g/mol. The third kappa shape index (κ3) is 6.66. The van der Waals surface area contributed by atoms with Crippen molar-refractivity contribution in [3.8, 4) is 5.75 Å². The first-order valence-electron chi connectivity index (χ1n) is 5.99. The Hall–Kier alpha value is -0.580. The molecule has 0 bridgehead atoms. The van der Waals surface area contributed by atoms with Gasteiger partial charge in [0.1, 0.15) is 12.4 Å². The summed E-state index contributed by atoms with van der Waals surface area (Å²) in [7, 11) is 0. The summed E-state index contributed by atoms with van der Waals surface area (Å²) in [5, 5.41) is 12.6. The van der Waals surface area contributed by atoms with Crippen molar-refractivity contribution >= 4 is 15.9 Å². The van der Waals surface area contributed by atoms with Crippen molar-refractivity contribution in [1.29, 1.82) is 0 Å². The number of aliphatic hydroxyl groups excluding tert-OH is 1. The predicted octanol–water partition coefficient (Wildman–Crippen LogP) is 2.58. The summed E-state index contributed by atoms with van der Waals surface area (Å²) < 4.78 is 6.60. The van der Waals surface area contributed by atoms with Gasteiger partial charge in [0.15, 0.2) is 0 Å². The third-order valence-corrected chi connectivity index (χ3v) is 3.02. The van der Waals surface area contributed by atoms with E-state index in [4.69, 9.17) is 4.74 Å². The zero-order chi connectivity index (χ0) is 12.5. The Labute approximate surface area is 111 Å². The van der Waals surface area contributed by atoms with Crippen molar-refractivity contribution in [2.75, 3.05) is 19.7 Å². The molecular formula is C13H20BrNO2. The normalized spacial score (nSPS) is 12.4. The zero-order valence-electron chi connectivity index (χ0n) is 10.2. The minimum absolute atomic E-state index is 0.185. The molecule has 0 aromatic heterocycles. The number of benzene rings is 1. The summed E-state index contributed by atoms with van der Waals surface area (Å²) in [6.45, 7) is 4.26. The molecule has 1 atom stereocenters. The van der Waals surface area contributed by atoms with E-state index in [1.807, 2.05) is 31.2 Å². The number of nitrogens with one attached hydrogen (secondary N) is 1. The Bertz CT molecular complexity index is 303. The molecule has 0 fully saturated rings. The first-order valence-corrected chi connectivity index (χ1v) is 6.79. The highest BCUT2D eigenvalue weighted by Crippen LogP contribution is 2.15. The van der Waals surface area contributed by atoms with Crippen molar-refractivity contribution in [1.82, 2.24) is 5.32 Å². The van der Waals surface area contributed by atoms with E-state index < -0.39 is 0 Å². The molecule has 0 aliphatic rings. The molecule has 1 aromatic carbocycles. The molecule has 0 saturated carbocycles. The van der Waals surface area contributed by atoms with Gasteiger partial charge in [0.25, 0.3) is 0 Å². The number of aliphatic hydroxyl groups is 1. The van der Waals surface area contributed by atoms with Crippen LogP contribution < -0.4 is 10.1 Å². The first-order chi connectivity index (χ1) is 8.22. The summed E-state index contributed by atoms with van der Waals surface area (Å²) in [6, 6.07) is 7.79. The van der Waals surface area contributed by atoms with Gasteiger partial charge in [-0.2, -0.15) is 0 Å². The number of hydrogen-bond donors (Lipinski definition) is 2. The number of rotatable bonds is 8. The maximum absolute atomic E-state index is 9.34. The van der Waals surface area contributed by atoms with Gasteiger partial charge in [-0.3, -0.25) is 0 Å². The van der Waals surface area contributed by atoms with Crippen LogP contribution in [0.25, 0.3) is 0 Å². The number of halogens is 1. The molecule has 0 radical (unpaired) electrons.